The number of nitrogens with zero attached hydrogens (tertiary/aromatic N) is 2. The Hall–Kier alpha value is -1.16. The van der Waals surface area contributed by atoms with Crippen molar-refractivity contribution in [2.75, 3.05) is 19.0 Å². The van der Waals surface area contributed by atoms with Gasteiger partial charge in [0.1, 0.15) is 11.6 Å². The summed E-state index contributed by atoms with van der Waals surface area (Å²) in [7, 11) is 3.58. The molecule has 0 aliphatic carbocycles. The molecule has 0 radical (unpaired) electrons. The molecule has 1 aromatic rings. The smallest absolute Gasteiger partial charge is 0.142 e. The molecule has 12 heavy (non-hydrogen) atoms. The average molecular weight is 170 g/mol. The first kappa shape index (κ1) is 8.93. The van der Waals surface area contributed by atoms with Crippen molar-refractivity contribution in [3.05, 3.63) is 23.6 Å². The van der Waals surface area contributed by atoms with Crippen LogP contribution in [-0.4, -0.2) is 24.2 Å². The van der Waals surface area contributed by atoms with Crippen molar-refractivity contribution in [3.63, 3.8) is 0 Å². The molecule has 0 bridgehead atoms. The lowest BCUT2D eigenvalue weighted by Gasteiger charge is -2.14. The standard InChI is InChI=1S/C8H11FN2O/c1-11(2)8-6(5-12)3-7(9)4-10-8/h3-4,12H,5H2,1-2H3. The second-order valence-electron chi connectivity index (χ2n) is 2.69. The Labute approximate surface area is 70.5 Å². The summed E-state index contributed by atoms with van der Waals surface area (Å²) in [6.45, 7) is -0.196. The van der Waals surface area contributed by atoms with Crippen LogP contribution in [0.1, 0.15) is 5.56 Å². The summed E-state index contributed by atoms with van der Waals surface area (Å²) < 4.78 is 12.6. The highest BCUT2D eigenvalue weighted by Gasteiger charge is 2.05. The fraction of sp³-hybridized carbons (Fsp3) is 0.375. The molecule has 1 rings (SSSR count). The normalized spacial score (nSPS) is 10.0. The maximum atomic E-state index is 12.6. The minimum Gasteiger partial charge on any atom is -0.392 e. The lowest BCUT2D eigenvalue weighted by Crippen LogP contribution is -2.13. The third-order valence-electron chi connectivity index (χ3n) is 1.50. The zero-order valence-electron chi connectivity index (χ0n) is 7.08. The summed E-state index contributed by atoms with van der Waals surface area (Å²) in [6, 6.07) is 1.28. The predicted molar refractivity (Wildman–Crippen MR) is 44.4 cm³/mol. The quantitative estimate of drug-likeness (QED) is 0.712. The second-order valence-corrected chi connectivity index (χ2v) is 2.69. The molecule has 0 saturated carbocycles. The summed E-state index contributed by atoms with van der Waals surface area (Å²) in [5, 5.41) is 8.86. The molecular weight excluding hydrogens is 159 g/mol. The van der Waals surface area contributed by atoms with Gasteiger partial charge in [-0.05, 0) is 6.07 Å². The van der Waals surface area contributed by atoms with Gasteiger partial charge in [0.25, 0.3) is 0 Å². The van der Waals surface area contributed by atoms with Crippen molar-refractivity contribution in [1.29, 1.82) is 0 Å². The molecule has 0 aliphatic rings. The summed E-state index contributed by atoms with van der Waals surface area (Å²) in [5.41, 5.74) is 0.500. The van der Waals surface area contributed by atoms with Crippen molar-refractivity contribution in [2.45, 2.75) is 6.61 Å². The Morgan fingerprint density at radius 1 is 1.58 bits per heavy atom. The molecule has 4 heteroatoms. The van der Waals surface area contributed by atoms with E-state index in [1.54, 1.807) is 19.0 Å². The van der Waals surface area contributed by atoms with Crippen LogP contribution in [0.15, 0.2) is 12.3 Å². The predicted octanol–water partition coefficient (Wildman–Crippen LogP) is 0.779. The van der Waals surface area contributed by atoms with Gasteiger partial charge in [0.05, 0.1) is 12.8 Å². The highest BCUT2D eigenvalue weighted by Crippen LogP contribution is 2.15. The van der Waals surface area contributed by atoms with Crippen molar-refractivity contribution in [2.24, 2.45) is 0 Å². The topological polar surface area (TPSA) is 36.4 Å². The van der Waals surface area contributed by atoms with Crippen LogP contribution < -0.4 is 4.90 Å². The van der Waals surface area contributed by atoms with Gasteiger partial charge in [-0.25, -0.2) is 9.37 Å². The van der Waals surface area contributed by atoms with E-state index < -0.39 is 5.82 Å². The van der Waals surface area contributed by atoms with E-state index in [1.165, 1.54) is 6.07 Å². The van der Waals surface area contributed by atoms with Gasteiger partial charge in [-0.1, -0.05) is 0 Å². The lowest BCUT2D eigenvalue weighted by molar-refractivity contribution is 0.281. The molecule has 1 aromatic heterocycles. The number of pyridine rings is 1. The third kappa shape index (κ3) is 1.71. The van der Waals surface area contributed by atoms with Gasteiger partial charge >= 0.3 is 0 Å². The molecule has 0 unspecified atom stereocenters. The van der Waals surface area contributed by atoms with Gasteiger partial charge in [-0.2, -0.15) is 0 Å². The largest absolute Gasteiger partial charge is 0.392 e. The third-order valence-corrected chi connectivity index (χ3v) is 1.50. The number of aromatic nitrogens is 1. The van der Waals surface area contributed by atoms with Crippen LogP contribution in [-0.2, 0) is 6.61 Å². The van der Waals surface area contributed by atoms with E-state index >= 15 is 0 Å². The molecule has 0 spiro atoms. The minimum atomic E-state index is -0.426. The van der Waals surface area contributed by atoms with Crippen LogP contribution in [0.4, 0.5) is 10.2 Å². The zero-order valence-corrected chi connectivity index (χ0v) is 7.08. The monoisotopic (exact) mass is 170 g/mol. The van der Waals surface area contributed by atoms with Crippen LogP contribution in [0, 0.1) is 5.82 Å². The fourth-order valence-corrected chi connectivity index (χ4v) is 0.993. The number of anilines is 1. The van der Waals surface area contributed by atoms with Crippen LogP contribution in [0.2, 0.25) is 0 Å². The van der Waals surface area contributed by atoms with E-state index in [0.717, 1.165) is 6.20 Å². The molecule has 0 amide bonds. The number of hydrogen-bond acceptors (Lipinski definition) is 3. The molecule has 1 heterocycles. The van der Waals surface area contributed by atoms with Gasteiger partial charge in [-0.15, -0.1) is 0 Å². The number of halogens is 1. The lowest BCUT2D eigenvalue weighted by atomic mass is 10.2. The van der Waals surface area contributed by atoms with Crippen molar-refractivity contribution >= 4 is 5.82 Å². The summed E-state index contributed by atoms with van der Waals surface area (Å²) in [6.07, 6.45) is 1.13. The molecule has 0 saturated heterocycles. The van der Waals surface area contributed by atoms with Crippen LogP contribution in [0.3, 0.4) is 0 Å². The van der Waals surface area contributed by atoms with Gasteiger partial charge in [0, 0.05) is 19.7 Å². The molecule has 3 nitrogen and oxygen atoms in total. The second kappa shape index (κ2) is 3.49. The molecule has 0 fully saturated rings. The maximum absolute atomic E-state index is 12.6. The highest BCUT2D eigenvalue weighted by atomic mass is 19.1. The number of aliphatic hydroxyl groups excluding tert-OH is 1. The van der Waals surface area contributed by atoms with E-state index in [9.17, 15) is 4.39 Å². The number of hydrogen-bond donors (Lipinski definition) is 1. The fourth-order valence-electron chi connectivity index (χ4n) is 0.993. The molecular formula is C8H11FN2O. The Morgan fingerprint density at radius 2 is 2.25 bits per heavy atom. The first-order valence-electron chi connectivity index (χ1n) is 3.57. The SMILES string of the molecule is CN(C)c1ncc(F)cc1CO. The van der Waals surface area contributed by atoms with Gasteiger partial charge < -0.3 is 10.0 Å². The Kier molecular flexibility index (Phi) is 2.60. The van der Waals surface area contributed by atoms with Crippen LogP contribution in [0.25, 0.3) is 0 Å². The van der Waals surface area contributed by atoms with Crippen molar-refractivity contribution in [3.8, 4) is 0 Å². The van der Waals surface area contributed by atoms with Crippen molar-refractivity contribution in [1.82, 2.24) is 4.98 Å². The first-order valence-corrected chi connectivity index (χ1v) is 3.57. The Bertz CT molecular complexity index is 276. The van der Waals surface area contributed by atoms with Crippen LogP contribution >= 0.6 is 0 Å². The summed E-state index contributed by atoms with van der Waals surface area (Å²) >= 11 is 0. The molecule has 1 N–H and O–H groups in total. The highest BCUT2D eigenvalue weighted by molar-refractivity contribution is 5.44. The van der Waals surface area contributed by atoms with Crippen molar-refractivity contribution < 1.29 is 9.50 Å². The van der Waals surface area contributed by atoms with E-state index in [4.69, 9.17) is 5.11 Å². The molecule has 0 aliphatic heterocycles. The number of aliphatic hydroxyl groups is 1. The first-order chi connectivity index (χ1) is 5.65. The summed E-state index contributed by atoms with van der Waals surface area (Å²) in [5.74, 6) is 0.170. The zero-order chi connectivity index (χ0) is 9.14. The van der Waals surface area contributed by atoms with Gasteiger partial charge in [-0.3, -0.25) is 0 Å². The minimum absolute atomic E-state index is 0.196. The van der Waals surface area contributed by atoms with Crippen LogP contribution in [0.5, 0.6) is 0 Å². The van der Waals surface area contributed by atoms with E-state index in [1.807, 2.05) is 0 Å². The van der Waals surface area contributed by atoms with E-state index in [0.29, 0.717) is 11.4 Å². The van der Waals surface area contributed by atoms with E-state index in [2.05, 4.69) is 4.98 Å². The average Bonchev–Trinajstić information content (AvgIpc) is 2.03. The molecule has 0 aromatic carbocycles. The maximum Gasteiger partial charge on any atom is 0.142 e. The molecule has 0 atom stereocenters. The number of rotatable bonds is 2. The summed E-state index contributed by atoms with van der Waals surface area (Å²) in [4.78, 5) is 5.57. The van der Waals surface area contributed by atoms with Gasteiger partial charge in [0.2, 0.25) is 0 Å². The Morgan fingerprint density at radius 3 is 2.75 bits per heavy atom. The van der Waals surface area contributed by atoms with E-state index in [-0.39, 0.29) is 6.61 Å². The van der Waals surface area contributed by atoms with Gasteiger partial charge in [0.15, 0.2) is 0 Å². The Balaban J connectivity index is 3.11. The molecule has 66 valence electrons.